The summed E-state index contributed by atoms with van der Waals surface area (Å²) in [6.45, 7) is 1.38. The lowest BCUT2D eigenvalue weighted by molar-refractivity contribution is 0.0254. The van der Waals surface area contributed by atoms with E-state index < -0.39 is 0 Å². The van der Waals surface area contributed by atoms with Gasteiger partial charge in [0, 0.05) is 6.54 Å². The number of morpholine rings is 1. The second-order valence-electron chi connectivity index (χ2n) is 4.88. The van der Waals surface area contributed by atoms with Crippen LogP contribution in [0.2, 0.25) is 0 Å². The summed E-state index contributed by atoms with van der Waals surface area (Å²) < 4.78 is 19.8. The molecule has 1 aromatic rings. The highest BCUT2D eigenvalue weighted by atomic mass is 19.1. The van der Waals surface area contributed by atoms with Crippen LogP contribution in [0.3, 0.4) is 0 Å². The second-order valence-corrected chi connectivity index (χ2v) is 4.88. The van der Waals surface area contributed by atoms with E-state index in [0.29, 0.717) is 23.9 Å². The minimum atomic E-state index is -0.304. The zero-order valence-electron chi connectivity index (χ0n) is 10.1. The maximum Gasteiger partial charge on any atom is 0.147 e. The third-order valence-corrected chi connectivity index (χ3v) is 3.87. The molecule has 3 nitrogen and oxygen atoms in total. The Morgan fingerprint density at radius 2 is 2.28 bits per heavy atom. The number of nitriles is 1. The molecule has 0 spiro atoms. The topological polar surface area (TPSA) is 36.3 Å². The minimum absolute atomic E-state index is 0.244. The van der Waals surface area contributed by atoms with Crippen LogP contribution in [0.4, 0.5) is 10.1 Å². The van der Waals surface area contributed by atoms with Gasteiger partial charge in [-0.25, -0.2) is 4.39 Å². The molecule has 3 rings (SSSR count). The molecule has 2 aliphatic rings. The van der Waals surface area contributed by atoms with Crippen LogP contribution in [0.25, 0.3) is 0 Å². The predicted molar refractivity (Wildman–Crippen MR) is 65.8 cm³/mol. The maximum atomic E-state index is 14.0. The lowest BCUT2D eigenvalue weighted by Gasteiger charge is -2.39. The van der Waals surface area contributed by atoms with Gasteiger partial charge in [0.15, 0.2) is 0 Å². The summed E-state index contributed by atoms with van der Waals surface area (Å²) in [5, 5.41) is 8.76. The van der Waals surface area contributed by atoms with Gasteiger partial charge in [-0.1, -0.05) is 0 Å². The van der Waals surface area contributed by atoms with Gasteiger partial charge < -0.3 is 9.64 Å². The molecule has 0 bridgehead atoms. The predicted octanol–water partition coefficient (Wildman–Crippen LogP) is 2.46. The molecule has 0 radical (unpaired) electrons. The molecule has 94 valence electrons. The van der Waals surface area contributed by atoms with Crippen molar-refractivity contribution >= 4 is 5.69 Å². The monoisotopic (exact) mass is 246 g/mol. The summed E-state index contributed by atoms with van der Waals surface area (Å²) >= 11 is 0. The van der Waals surface area contributed by atoms with Crippen LogP contribution >= 0.6 is 0 Å². The van der Waals surface area contributed by atoms with Gasteiger partial charge >= 0.3 is 0 Å². The SMILES string of the molecule is N#Cc1ccc(N2CCO[C@H]3CCC[C@H]32)c(F)c1. The van der Waals surface area contributed by atoms with Crippen molar-refractivity contribution in [3.8, 4) is 6.07 Å². The van der Waals surface area contributed by atoms with Crippen LogP contribution in [0.15, 0.2) is 18.2 Å². The van der Waals surface area contributed by atoms with Crippen molar-refractivity contribution in [2.24, 2.45) is 0 Å². The maximum absolute atomic E-state index is 14.0. The molecule has 0 amide bonds. The van der Waals surface area contributed by atoms with E-state index in [-0.39, 0.29) is 11.9 Å². The van der Waals surface area contributed by atoms with Crippen molar-refractivity contribution < 1.29 is 9.13 Å². The van der Waals surface area contributed by atoms with E-state index in [9.17, 15) is 4.39 Å². The smallest absolute Gasteiger partial charge is 0.147 e. The number of rotatable bonds is 1. The van der Waals surface area contributed by atoms with Crippen molar-refractivity contribution in [1.29, 1.82) is 5.26 Å². The fourth-order valence-corrected chi connectivity index (χ4v) is 3.03. The van der Waals surface area contributed by atoms with Crippen molar-refractivity contribution in [1.82, 2.24) is 0 Å². The zero-order chi connectivity index (χ0) is 12.5. The first-order valence-corrected chi connectivity index (χ1v) is 6.37. The van der Waals surface area contributed by atoms with Crippen molar-refractivity contribution in [3.05, 3.63) is 29.6 Å². The van der Waals surface area contributed by atoms with Gasteiger partial charge in [0.1, 0.15) is 5.82 Å². The Morgan fingerprint density at radius 3 is 3.06 bits per heavy atom. The fraction of sp³-hybridized carbons (Fsp3) is 0.500. The van der Waals surface area contributed by atoms with Crippen LogP contribution < -0.4 is 4.90 Å². The summed E-state index contributed by atoms with van der Waals surface area (Å²) in [5.74, 6) is -0.304. The molecule has 4 heteroatoms. The molecule has 1 heterocycles. The second kappa shape index (κ2) is 4.58. The van der Waals surface area contributed by atoms with E-state index in [1.165, 1.54) is 6.07 Å². The van der Waals surface area contributed by atoms with Gasteiger partial charge in [-0.15, -0.1) is 0 Å². The number of fused-ring (bicyclic) bond motifs is 1. The molecule has 1 saturated carbocycles. The Balaban J connectivity index is 1.92. The van der Waals surface area contributed by atoms with Gasteiger partial charge in [0.05, 0.1) is 36.1 Å². The number of ether oxygens (including phenoxy) is 1. The molecular formula is C14H15FN2O. The van der Waals surface area contributed by atoms with Gasteiger partial charge in [-0.3, -0.25) is 0 Å². The van der Waals surface area contributed by atoms with E-state index in [0.717, 1.165) is 25.8 Å². The molecule has 2 fully saturated rings. The molecule has 18 heavy (non-hydrogen) atoms. The number of hydrogen-bond donors (Lipinski definition) is 0. The highest BCUT2D eigenvalue weighted by Gasteiger charge is 2.36. The summed E-state index contributed by atoms with van der Waals surface area (Å²) in [6, 6.07) is 6.96. The van der Waals surface area contributed by atoms with Crippen LogP contribution in [-0.4, -0.2) is 25.3 Å². The Bertz CT molecular complexity index is 497. The van der Waals surface area contributed by atoms with Crippen LogP contribution in [0.5, 0.6) is 0 Å². The molecule has 1 aliphatic heterocycles. The molecule has 1 aliphatic carbocycles. The van der Waals surface area contributed by atoms with Gasteiger partial charge in [0.25, 0.3) is 0 Å². The van der Waals surface area contributed by atoms with Crippen molar-refractivity contribution in [3.63, 3.8) is 0 Å². The Morgan fingerprint density at radius 1 is 1.39 bits per heavy atom. The summed E-state index contributed by atoms with van der Waals surface area (Å²) in [6.07, 6.45) is 3.51. The molecule has 0 N–H and O–H groups in total. The van der Waals surface area contributed by atoms with Crippen LogP contribution in [0.1, 0.15) is 24.8 Å². The van der Waals surface area contributed by atoms with E-state index in [2.05, 4.69) is 4.90 Å². The third-order valence-electron chi connectivity index (χ3n) is 3.87. The highest BCUT2D eigenvalue weighted by molar-refractivity contribution is 5.52. The summed E-state index contributed by atoms with van der Waals surface area (Å²) in [7, 11) is 0. The third kappa shape index (κ3) is 1.85. The summed E-state index contributed by atoms with van der Waals surface area (Å²) in [4.78, 5) is 2.11. The van der Waals surface area contributed by atoms with Gasteiger partial charge in [-0.05, 0) is 37.5 Å². The Labute approximate surface area is 106 Å². The lowest BCUT2D eigenvalue weighted by Crippen LogP contribution is -2.49. The number of halogens is 1. The van der Waals surface area contributed by atoms with Crippen molar-refractivity contribution in [2.75, 3.05) is 18.1 Å². The van der Waals surface area contributed by atoms with Gasteiger partial charge in [0.2, 0.25) is 0 Å². The van der Waals surface area contributed by atoms with E-state index in [4.69, 9.17) is 10.00 Å². The normalized spacial score (nSPS) is 26.8. The highest BCUT2D eigenvalue weighted by Crippen LogP contribution is 2.34. The first-order valence-electron chi connectivity index (χ1n) is 6.37. The first-order chi connectivity index (χ1) is 8.79. The Hall–Kier alpha value is -1.60. The molecular weight excluding hydrogens is 231 g/mol. The minimum Gasteiger partial charge on any atom is -0.374 e. The number of nitrogens with zero attached hydrogens (tertiary/aromatic N) is 2. The summed E-state index contributed by atoms with van der Waals surface area (Å²) in [5.41, 5.74) is 0.974. The van der Waals surface area contributed by atoms with E-state index >= 15 is 0 Å². The molecule has 0 unspecified atom stereocenters. The van der Waals surface area contributed by atoms with E-state index in [1.54, 1.807) is 12.1 Å². The molecule has 0 aromatic heterocycles. The standard InChI is InChI=1S/C14H15FN2O/c15-11-8-10(9-16)4-5-12(11)17-6-7-18-14-3-1-2-13(14)17/h4-5,8,13-14H,1-3,6-7H2/t13-,14+/m1/s1. The average Bonchev–Trinajstić information content (AvgIpc) is 2.87. The van der Waals surface area contributed by atoms with Crippen molar-refractivity contribution in [2.45, 2.75) is 31.4 Å². The number of benzene rings is 1. The fourth-order valence-electron chi connectivity index (χ4n) is 3.03. The van der Waals surface area contributed by atoms with Crippen LogP contribution in [0, 0.1) is 17.1 Å². The van der Waals surface area contributed by atoms with Crippen LogP contribution in [-0.2, 0) is 4.74 Å². The molecule has 1 saturated heterocycles. The number of hydrogen-bond acceptors (Lipinski definition) is 3. The lowest BCUT2D eigenvalue weighted by atomic mass is 10.1. The molecule has 2 atom stereocenters. The zero-order valence-corrected chi connectivity index (χ0v) is 10.1. The molecule has 1 aromatic carbocycles. The largest absolute Gasteiger partial charge is 0.374 e. The first kappa shape index (κ1) is 11.5. The van der Waals surface area contributed by atoms with E-state index in [1.807, 2.05) is 6.07 Å². The number of anilines is 1. The van der Waals surface area contributed by atoms with Gasteiger partial charge in [-0.2, -0.15) is 5.26 Å². The average molecular weight is 246 g/mol. The quantitative estimate of drug-likeness (QED) is 0.763. The Kier molecular flexibility index (Phi) is 2.92.